The summed E-state index contributed by atoms with van der Waals surface area (Å²) in [5.41, 5.74) is 8.59. The van der Waals surface area contributed by atoms with Crippen molar-refractivity contribution < 1.29 is 9.84 Å². The summed E-state index contributed by atoms with van der Waals surface area (Å²) in [7, 11) is 1.62. The Bertz CT molecular complexity index is 801. The fraction of sp³-hybridized carbons (Fsp3) is 0.0588. The molecule has 110 valence electrons. The minimum Gasteiger partial charge on any atom is -0.507 e. The van der Waals surface area contributed by atoms with Crippen molar-refractivity contribution in [3.8, 4) is 34.0 Å². The Hall–Kier alpha value is -3.08. The first kappa shape index (κ1) is 13.9. The molecule has 0 saturated carbocycles. The monoisotopic (exact) mass is 293 g/mol. The minimum atomic E-state index is 0.154. The normalized spacial score (nSPS) is 10.4. The fourth-order valence-corrected chi connectivity index (χ4v) is 2.20. The van der Waals surface area contributed by atoms with Gasteiger partial charge in [0.25, 0.3) is 0 Å². The summed E-state index contributed by atoms with van der Waals surface area (Å²) >= 11 is 0. The van der Waals surface area contributed by atoms with E-state index >= 15 is 0 Å². The van der Waals surface area contributed by atoms with Gasteiger partial charge in [-0.25, -0.2) is 9.97 Å². The third kappa shape index (κ3) is 2.69. The first-order valence-corrected chi connectivity index (χ1v) is 6.75. The Labute approximate surface area is 128 Å². The number of benzene rings is 2. The molecule has 0 radical (unpaired) electrons. The number of anilines is 1. The van der Waals surface area contributed by atoms with Crippen molar-refractivity contribution in [1.29, 1.82) is 0 Å². The van der Waals surface area contributed by atoms with Crippen LogP contribution in [0.25, 0.3) is 22.5 Å². The average Bonchev–Trinajstić information content (AvgIpc) is 2.55. The number of rotatable bonds is 3. The lowest BCUT2D eigenvalue weighted by atomic mass is 10.1. The van der Waals surface area contributed by atoms with Crippen molar-refractivity contribution in [2.75, 3.05) is 12.8 Å². The second-order valence-electron chi connectivity index (χ2n) is 4.74. The number of methoxy groups -OCH3 is 1. The molecule has 0 unspecified atom stereocenters. The van der Waals surface area contributed by atoms with Crippen LogP contribution < -0.4 is 10.5 Å². The molecule has 0 aliphatic rings. The Morgan fingerprint density at radius 3 is 2.32 bits per heavy atom. The number of nitrogens with zero attached hydrogens (tertiary/aromatic N) is 2. The van der Waals surface area contributed by atoms with E-state index in [2.05, 4.69) is 9.97 Å². The highest BCUT2D eigenvalue weighted by Gasteiger charge is 2.10. The zero-order valence-corrected chi connectivity index (χ0v) is 12.0. The molecule has 0 amide bonds. The largest absolute Gasteiger partial charge is 0.507 e. The highest BCUT2D eigenvalue weighted by Crippen LogP contribution is 2.30. The summed E-state index contributed by atoms with van der Waals surface area (Å²) in [5, 5.41) is 9.97. The van der Waals surface area contributed by atoms with Crippen LogP contribution in [0.15, 0.2) is 54.6 Å². The maximum atomic E-state index is 9.97. The van der Waals surface area contributed by atoms with Gasteiger partial charge in [0.15, 0.2) is 0 Å². The van der Waals surface area contributed by atoms with E-state index in [0.717, 1.165) is 11.3 Å². The first-order valence-electron chi connectivity index (χ1n) is 6.75. The molecule has 0 atom stereocenters. The second-order valence-corrected chi connectivity index (χ2v) is 4.74. The molecule has 5 heteroatoms. The first-order chi connectivity index (χ1) is 10.7. The van der Waals surface area contributed by atoms with E-state index in [1.54, 1.807) is 31.4 Å². The molecular formula is C17H15N3O2. The lowest BCUT2D eigenvalue weighted by molar-refractivity contribution is 0.415. The molecule has 1 aromatic heterocycles. The standard InChI is InChI=1S/C17H15N3O2/c1-22-12-8-6-11(7-9-12)14-10-15(20-17(18)19-14)13-4-2-3-5-16(13)21/h2-10,21H,1H3,(H2,18,19,20). The molecule has 0 saturated heterocycles. The molecule has 2 aromatic carbocycles. The third-order valence-electron chi connectivity index (χ3n) is 3.31. The van der Waals surface area contributed by atoms with E-state index in [9.17, 15) is 5.11 Å². The van der Waals surface area contributed by atoms with Crippen LogP contribution in [-0.2, 0) is 0 Å². The summed E-state index contributed by atoms with van der Waals surface area (Å²) in [6.07, 6.45) is 0. The van der Waals surface area contributed by atoms with Crippen LogP contribution in [0, 0.1) is 0 Å². The van der Waals surface area contributed by atoms with Crippen LogP contribution in [0.2, 0.25) is 0 Å². The number of ether oxygens (including phenoxy) is 1. The highest BCUT2D eigenvalue weighted by molar-refractivity contribution is 5.72. The maximum Gasteiger partial charge on any atom is 0.221 e. The molecule has 1 heterocycles. The number of nitrogens with two attached hydrogens (primary N) is 1. The van der Waals surface area contributed by atoms with Crippen molar-refractivity contribution in [3.63, 3.8) is 0 Å². The van der Waals surface area contributed by atoms with Gasteiger partial charge in [-0.05, 0) is 42.5 Å². The minimum absolute atomic E-state index is 0.154. The van der Waals surface area contributed by atoms with Crippen molar-refractivity contribution >= 4 is 5.95 Å². The Kier molecular flexibility index (Phi) is 3.62. The molecule has 3 aromatic rings. The predicted molar refractivity (Wildman–Crippen MR) is 85.5 cm³/mol. The van der Waals surface area contributed by atoms with Crippen molar-refractivity contribution in [1.82, 2.24) is 9.97 Å². The maximum absolute atomic E-state index is 9.97. The molecule has 0 spiro atoms. The van der Waals surface area contributed by atoms with E-state index < -0.39 is 0 Å². The smallest absolute Gasteiger partial charge is 0.221 e. The second kappa shape index (κ2) is 5.73. The van der Waals surface area contributed by atoms with Crippen molar-refractivity contribution in [2.45, 2.75) is 0 Å². The van der Waals surface area contributed by atoms with E-state index in [-0.39, 0.29) is 11.7 Å². The summed E-state index contributed by atoms with van der Waals surface area (Å²) in [6, 6.07) is 16.3. The molecule has 3 rings (SSSR count). The van der Waals surface area contributed by atoms with E-state index in [4.69, 9.17) is 10.5 Å². The zero-order chi connectivity index (χ0) is 15.5. The number of aromatic hydroxyl groups is 1. The molecule has 22 heavy (non-hydrogen) atoms. The number of phenols is 1. The van der Waals surface area contributed by atoms with Gasteiger partial charge in [-0.15, -0.1) is 0 Å². The Balaban J connectivity index is 2.08. The number of para-hydroxylation sites is 1. The lowest BCUT2D eigenvalue weighted by Gasteiger charge is -2.08. The van der Waals surface area contributed by atoms with Crippen LogP contribution in [0.4, 0.5) is 5.95 Å². The van der Waals surface area contributed by atoms with Gasteiger partial charge in [-0.2, -0.15) is 0 Å². The van der Waals surface area contributed by atoms with Gasteiger partial charge in [-0.1, -0.05) is 12.1 Å². The van der Waals surface area contributed by atoms with E-state index in [1.165, 1.54) is 0 Å². The van der Waals surface area contributed by atoms with Crippen LogP contribution in [0.3, 0.4) is 0 Å². The van der Waals surface area contributed by atoms with Gasteiger partial charge < -0.3 is 15.6 Å². The van der Waals surface area contributed by atoms with Crippen molar-refractivity contribution in [2.24, 2.45) is 0 Å². The summed E-state index contributed by atoms with van der Waals surface area (Å²) in [4.78, 5) is 8.47. The third-order valence-corrected chi connectivity index (χ3v) is 3.31. The fourth-order valence-electron chi connectivity index (χ4n) is 2.20. The van der Waals surface area contributed by atoms with Crippen LogP contribution >= 0.6 is 0 Å². The summed E-state index contributed by atoms with van der Waals surface area (Å²) in [6.45, 7) is 0. The average molecular weight is 293 g/mol. The van der Waals surface area contributed by atoms with Crippen LogP contribution in [0.5, 0.6) is 11.5 Å². The lowest BCUT2D eigenvalue weighted by Crippen LogP contribution is -1.98. The van der Waals surface area contributed by atoms with Gasteiger partial charge in [0.2, 0.25) is 5.95 Å². The molecule has 0 bridgehead atoms. The molecule has 3 N–H and O–H groups in total. The van der Waals surface area contributed by atoms with Gasteiger partial charge >= 0.3 is 0 Å². The quantitative estimate of drug-likeness (QED) is 0.775. The molecule has 0 fully saturated rings. The van der Waals surface area contributed by atoms with Crippen LogP contribution in [0.1, 0.15) is 0 Å². The van der Waals surface area contributed by atoms with Gasteiger partial charge in [-0.3, -0.25) is 0 Å². The summed E-state index contributed by atoms with van der Waals surface area (Å²) < 4.78 is 5.15. The molecular weight excluding hydrogens is 278 g/mol. The van der Waals surface area contributed by atoms with E-state index in [0.29, 0.717) is 17.0 Å². The number of nitrogen functional groups attached to an aromatic ring is 1. The summed E-state index contributed by atoms with van der Waals surface area (Å²) in [5.74, 6) is 1.08. The zero-order valence-electron chi connectivity index (χ0n) is 12.0. The van der Waals surface area contributed by atoms with Crippen LogP contribution in [-0.4, -0.2) is 22.2 Å². The van der Waals surface area contributed by atoms with Gasteiger partial charge in [0.05, 0.1) is 18.5 Å². The Morgan fingerprint density at radius 1 is 0.955 bits per heavy atom. The van der Waals surface area contributed by atoms with E-state index in [1.807, 2.05) is 30.3 Å². The Morgan fingerprint density at radius 2 is 1.64 bits per heavy atom. The van der Waals surface area contributed by atoms with Gasteiger partial charge in [0, 0.05) is 11.1 Å². The number of hydrogen-bond acceptors (Lipinski definition) is 5. The SMILES string of the molecule is COc1ccc(-c2cc(-c3ccccc3O)nc(N)n2)cc1. The molecule has 5 nitrogen and oxygen atoms in total. The number of aromatic nitrogens is 2. The molecule has 0 aliphatic carbocycles. The van der Waals surface area contributed by atoms with Crippen molar-refractivity contribution in [3.05, 3.63) is 54.6 Å². The molecule has 0 aliphatic heterocycles. The topological polar surface area (TPSA) is 81.3 Å². The highest BCUT2D eigenvalue weighted by atomic mass is 16.5. The number of hydrogen-bond donors (Lipinski definition) is 2. The number of phenolic OH excluding ortho intramolecular Hbond substituents is 1. The van der Waals surface area contributed by atoms with Gasteiger partial charge in [0.1, 0.15) is 11.5 Å². The predicted octanol–water partition coefficient (Wildman–Crippen LogP) is 3.11.